The van der Waals surface area contributed by atoms with E-state index in [1.807, 2.05) is 18.7 Å². The summed E-state index contributed by atoms with van der Waals surface area (Å²) in [4.78, 5) is 0. The Kier molecular flexibility index (Phi) is 1.89. The molecule has 1 aromatic heterocycles. The normalized spacial score (nSPS) is 16.8. The minimum absolute atomic E-state index is 0.778. The van der Waals surface area contributed by atoms with Crippen LogP contribution in [0.5, 0.6) is 0 Å². The molecular formula is C9H15N3. The van der Waals surface area contributed by atoms with Crippen LogP contribution < -0.4 is 5.32 Å². The number of aryl methyl sites for hydroxylation is 2. The molecule has 1 aliphatic rings. The molecule has 0 amide bonds. The highest BCUT2D eigenvalue weighted by molar-refractivity contribution is 5.08. The number of hydrogen-bond acceptors (Lipinski definition) is 2. The van der Waals surface area contributed by atoms with Gasteiger partial charge in [0.05, 0.1) is 11.4 Å². The molecule has 1 aromatic rings. The standard InChI is InChI=1S/C9H15N3/c1-7-5-9(12(2)11-7)6-10-8-3-4-8/h5,8,10H,3-4,6H2,1-2H3. The van der Waals surface area contributed by atoms with Crippen molar-refractivity contribution in [3.05, 3.63) is 17.5 Å². The third-order valence-electron chi connectivity index (χ3n) is 2.25. The molecule has 2 rings (SSSR count). The van der Waals surface area contributed by atoms with Gasteiger partial charge in [0, 0.05) is 19.6 Å². The van der Waals surface area contributed by atoms with E-state index < -0.39 is 0 Å². The molecule has 0 saturated heterocycles. The van der Waals surface area contributed by atoms with Crippen LogP contribution in [0.15, 0.2) is 6.07 Å². The summed E-state index contributed by atoms with van der Waals surface area (Å²) in [7, 11) is 2.00. The van der Waals surface area contributed by atoms with Gasteiger partial charge in [-0.1, -0.05) is 0 Å². The number of rotatable bonds is 3. The molecule has 0 bridgehead atoms. The fraction of sp³-hybridized carbons (Fsp3) is 0.667. The molecule has 0 aromatic carbocycles. The zero-order valence-electron chi connectivity index (χ0n) is 7.67. The summed E-state index contributed by atoms with van der Waals surface area (Å²) < 4.78 is 1.95. The summed E-state index contributed by atoms with van der Waals surface area (Å²) in [6.07, 6.45) is 2.69. The average Bonchev–Trinajstić information content (AvgIpc) is 2.76. The van der Waals surface area contributed by atoms with Gasteiger partial charge in [-0.25, -0.2) is 0 Å². The van der Waals surface area contributed by atoms with Crippen molar-refractivity contribution >= 4 is 0 Å². The van der Waals surface area contributed by atoms with Crippen molar-refractivity contribution in [2.45, 2.75) is 32.4 Å². The number of hydrogen-bond donors (Lipinski definition) is 1. The van der Waals surface area contributed by atoms with Crippen molar-refractivity contribution in [3.8, 4) is 0 Å². The molecule has 1 aliphatic carbocycles. The molecule has 0 unspecified atom stereocenters. The summed E-state index contributed by atoms with van der Waals surface area (Å²) in [5.74, 6) is 0. The molecule has 1 fully saturated rings. The van der Waals surface area contributed by atoms with E-state index in [0.717, 1.165) is 18.3 Å². The van der Waals surface area contributed by atoms with Crippen LogP contribution in [0.1, 0.15) is 24.2 Å². The lowest BCUT2D eigenvalue weighted by Crippen LogP contribution is -2.17. The second kappa shape index (κ2) is 2.90. The summed E-state index contributed by atoms with van der Waals surface area (Å²) in [5.41, 5.74) is 2.38. The Morgan fingerprint density at radius 2 is 2.42 bits per heavy atom. The molecule has 0 atom stereocenters. The first-order valence-electron chi connectivity index (χ1n) is 4.48. The fourth-order valence-electron chi connectivity index (χ4n) is 1.37. The second-order valence-corrected chi connectivity index (χ2v) is 3.56. The van der Waals surface area contributed by atoms with Crippen LogP contribution in [-0.2, 0) is 13.6 Å². The SMILES string of the molecule is Cc1cc(CNC2CC2)n(C)n1. The van der Waals surface area contributed by atoms with Gasteiger partial charge in [-0.3, -0.25) is 4.68 Å². The van der Waals surface area contributed by atoms with Crippen molar-refractivity contribution in [3.63, 3.8) is 0 Å². The van der Waals surface area contributed by atoms with Crippen LogP contribution in [0.4, 0.5) is 0 Å². The van der Waals surface area contributed by atoms with Gasteiger partial charge >= 0.3 is 0 Å². The molecule has 12 heavy (non-hydrogen) atoms. The fourth-order valence-corrected chi connectivity index (χ4v) is 1.37. The minimum atomic E-state index is 0.778. The molecule has 3 nitrogen and oxygen atoms in total. The molecule has 1 heterocycles. The van der Waals surface area contributed by atoms with Gasteiger partial charge in [0.2, 0.25) is 0 Å². The van der Waals surface area contributed by atoms with E-state index in [1.165, 1.54) is 18.5 Å². The Hall–Kier alpha value is -0.830. The van der Waals surface area contributed by atoms with Crippen LogP contribution in [0.3, 0.4) is 0 Å². The second-order valence-electron chi connectivity index (χ2n) is 3.56. The molecular weight excluding hydrogens is 150 g/mol. The Morgan fingerprint density at radius 1 is 1.67 bits per heavy atom. The quantitative estimate of drug-likeness (QED) is 0.723. The first-order chi connectivity index (χ1) is 5.75. The molecule has 0 radical (unpaired) electrons. The summed E-state index contributed by atoms with van der Waals surface area (Å²) in [6.45, 7) is 2.99. The lowest BCUT2D eigenvalue weighted by molar-refractivity contribution is 0.622. The van der Waals surface area contributed by atoms with Crippen LogP contribution >= 0.6 is 0 Å². The van der Waals surface area contributed by atoms with Crippen molar-refractivity contribution in [1.29, 1.82) is 0 Å². The van der Waals surface area contributed by atoms with E-state index in [4.69, 9.17) is 0 Å². The van der Waals surface area contributed by atoms with Crippen LogP contribution in [0, 0.1) is 6.92 Å². The van der Waals surface area contributed by atoms with Gasteiger partial charge < -0.3 is 5.32 Å². The minimum Gasteiger partial charge on any atom is -0.308 e. The van der Waals surface area contributed by atoms with Gasteiger partial charge in [-0.15, -0.1) is 0 Å². The molecule has 0 spiro atoms. The Labute approximate surface area is 72.8 Å². The first-order valence-corrected chi connectivity index (χ1v) is 4.48. The summed E-state index contributed by atoms with van der Waals surface area (Å²) in [6, 6.07) is 2.91. The third-order valence-corrected chi connectivity index (χ3v) is 2.25. The summed E-state index contributed by atoms with van der Waals surface area (Å²) in [5, 5.41) is 7.75. The molecule has 0 aliphatic heterocycles. The Morgan fingerprint density at radius 3 is 2.92 bits per heavy atom. The van der Waals surface area contributed by atoms with Gasteiger partial charge in [-0.2, -0.15) is 5.10 Å². The first kappa shape index (κ1) is 7.80. The smallest absolute Gasteiger partial charge is 0.0597 e. The number of nitrogens with one attached hydrogen (secondary N) is 1. The zero-order chi connectivity index (χ0) is 8.55. The molecule has 66 valence electrons. The number of aromatic nitrogens is 2. The van der Waals surface area contributed by atoms with Gasteiger partial charge in [-0.05, 0) is 25.8 Å². The predicted octanol–water partition coefficient (Wildman–Crippen LogP) is 0.981. The van der Waals surface area contributed by atoms with E-state index in [-0.39, 0.29) is 0 Å². The van der Waals surface area contributed by atoms with Crippen LogP contribution in [0.2, 0.25) is 0 Å². The maximum atomic E-state index is 4.29. The van der Waals surface area contributed by atoms with Crippen LogP contribution in [-0.4, -0.2) is 15.8 Å². The summed E-state index contributed by atoms with van der Waals surface area (Å²) >= 11 is 0. The average molecular weight is 165 g/mol. The highest BCUT2D eigenvalue weighted by Crippen LogP contribution is 2.19. The monoisotopic (exact) mass is 165 g/mol. The molecule has 1 N–H and O–H groups in total. The Balaban J connectivity index is 1.96. The maximum absolute atomic E-state index is 4.29. The zero-order valence-corrected chi connectivity index (χ0v) is 7.67. The molecule has 3 heteroatoms. The van der Waals surface area contributed by atoms with Gasteiger partial charge in [0.15, 0.2) is 0 Å². The van der Waals surface area contributed by atoms with Crippen molar-refractivity contribution in [1.82, 2.24) is 15.1 Å². The van der Waals surface area contributed by atoms with Crippen molar-refractivity contribution in [2.75, 3.05) is 0 Å². The van der Waals surface area contributed by atoms with Crippen LogP contribution in [0.25, 0.3) is 0 Å². The van der Waals surface area contributed by atoms with Crippen molar-refractivity contribution in [2.24, 2.45) is 7.05 Å². The lowest BCUT2D eigenvalue weighted by atomic mass is 10.3. The molecule has 1 saturated carbocycles. The highest BCUT2D eigenvalue weighted by Gasteiger charge is 2.20. The topological polar surface area (TPSA) is 29.9 Å². The lowest BCUT2D eigenvalue weighted by Gasteiger charge is -2.01. The van der Waals surface area contributed by atoms with E-state index in [2.05, 4.69) is 16.5 Å². The van der Waals surface area contributed by atoms with E-state index in [1.54, 1.807) is 0 Å². The highest BCUT2D eigenvalue weighted by atomic mass is 15.3. The maximum Gasteiger partial charge on any atom is 0.0597 e. The van der Waals surface area contributed by atoms with E-state index in [9.17, 15) is 0 Å². The van der Waals surface area contributed by atoms with Gasteiger partial charge in [0.1, 0.15) is 0 Å². The van der Waals surface area contributed by atoms with Crippen molar-refractivity contribution < 1.29 is 0 Å². The van der Waals surface area contributed by atoms with Gasteiger partial charge in [0.25, 0.3) is 0 Å². The predicted molar refractivity (Wildman–Crippen MR) is 47.8 cm³/mol. The number of nitrogens with zero attached hydrogens (tertiary/aromatic N) is 2. The van der Waals surface area contributed by atoms with E-state index >= 15 is 0 Å². The third kappa shape index (κ3) is 1.67. The largest absolute Gasteiger partial charge is 0.308 e. The Bertz CT molecular complexity index is 273. The van der Waals surface area contributed by atoms with E-state index in [0.29, 0.717) is 0 Å².